The van der Waals surface area contributed by atoms with Crippen molar-refractivity contribution in [2.45, 2.75) is 11.8 Å². The van der Waals surface area contributed by atoms with E-state index in [1.54, 1.807) is 55.6 Å². The zero-order valence-corrected chi connectivity index (χ0v) is 20.8. The molecule has 0 aliphatic carbocycles. The van der Waals surface area contributed by atoms with Crippen molar-refractivity contribution in [1.29, 1.82) is 0 Å². The number of hydrogen-bond acceptors (Lipinski definition) is 7. The van der Waals surface area contributed by atoms with E-state index in [1.165, 1.54) is 32.4 Å². The van der Waals surface area contributed by atoms with Crippen LogP contribution in [0, 0.1) is 0 Å². The Kier molecular flexibility index (Phi) is 8.43. The lowest BCUT2D eigenvalue weighted by atomic mass is 10.3. The first-order valence-corrected chi connectivity index (χ1v) is 12.2. The van der Waals surface area contributed by atoms with Gasteiger partial charge in [0.2, 0.25) is 5.91 Å². The maximum Gasteiger partial charge on any atom is 0.264 e. The Morgan fingerprint density at radius 1 is 0.829 bits per heavy atom. The molecule has 0 aliphatic heterocycles. The zero-order chi connectivity index (χ0) is 25.4. The lowest BCUT2D eigenvalue weighted by Crippen LogP contribution is -2.38. The molecule has 0 bridgehead atoms. The van der Waals surface area contributed by atoms with Crippen molar-refractivity contribution in [2.24, 2.45) is 0 Å². The van der Waals surface area contributed by atoms with Crippen molar-refractivity contribution >= 4 is 27.3 Å². The number of sulfonamides is 1. The lowest BCUT2D eigenvalue weighted by Gasteiger charge is -2.24. The number of hydrogen-bond donors (Lipinski definition) is 1. The third-order valence-electron chi connectivity index (χ3n) is 5.04. The molecule has 0 saturated carbocycles. The number of nitrogens with zero attached hydrogens (tertiary/aromatic N) is 1. The summed E-state index contributed by atoms with van der Waals surface area (Å²) in [6.07, 6.45) is 0. The van der Waals surface area contributed by atoms with Crippen molar-refractivity contribution in [2.75, 3.05) is 44.1 Å². The fourth-order valence-corrected chi connectivity index (χ4v) is 4.74. The van der Waals surface area contributed by atoms with Gasteiger partial charge in [-0.15, -0.1) is 0 Å². The van der Waals surface area contributed by atoms with Crippen LogP contribution >= 0.6 is 0 Å². The van der Waals surface area contributed by atoms with E-state index in [0.717, 1.165) is 4.31 Å². The van der Waals surface area contributed by atoms with Crippen molar-refractivity contribution in [3.63, 3.8) is 0 Å². The van der Waals surface area contributed by atoms with Crippen LogP contribution in [0.15, 0.2) is 71.6 Å². The molecule has 3 rings (SSSR count). The third-order valence-corrected chi connectivity index (χ3v) is 6.81. The van der Waals surface area contributed by atoms with Crippen LogP contribution in [0.4, 0.5) is 11.4 Å². The van der Waals surface area contributed by atoms with Crippen LogP contribution in [-0.4, -0.2) is 48.8 Å². The van der Waals surface area contributed by atoms with Gasteiger partial charge in [0, 0.05) is 11.8 Å². The minimum absolute atomic E-state index is 0.0544. The molecule has 0 spiro atoms. The first-order chi connectivity index (χ1) is 16.8. The van der Waals surface area contributed by atoms with Gasteiger partial charge in [-0.25, -0.2) is 8.42 Å². The summed E-state index contributed by atoms with van der Waals surface area (Å²) in [5.74, 6) is 1.34. The van der Waals surface area contributed by atoms with E-state index in [4.69, 9.17) is 18.9 Å². The van der Waals surface area contributed by atoms with Crippen molar-refractivity contribution in [3.05, 3.63) is 66.7 Å². The highest BCUT2D eigenvalue weighted by Gasteiger charge is 2.28. The van der Waals surface area contributed by atoms with Gasteiger partial charge < -0.3 is 24.3 Å². The van der Waals surface area contributed by atoms with Gasteiger partial charge in [-0.3, -0.25) is 9.10 Å². The van der Waals surface area contributed by atoms with Crippen LogP contribution in [0.5, 0.6) is 23.0 Å². The molecule has 35 heavy (non-hydrogen) atoms. The minimum Gasteiger partial charge on any atom is -0.497 e. The van der Waals surface area contributed by atoms with Crippen LogP contribution in [0.3, 0.4) is 0 Å². The molecule has 0 unspecified atom stereocenters. The van der Waals surface area contributed by atoms with Gasteiger partial charge in [-0.05, 0) is 67.6 Å². The molecular formula is C25H28N2O7S. The Bertz CT molecular complexity index is 1240. The van der Waals surface area contributed by atoms with E-state index in [2.05, 4.69) is 5.32 Å². The summed E-state index contributed by atoms with van der Waals surface area (Å²) >= 11 is 0. The van der Waals surface area contributed by atoms with Gasteiger partial charge in [0.1, 0.15) is 18.0 Å². The number of amides is 1. The Morgan fingerprint density at radius 3 is 2.03 bits per heavy atom. The Hall–Kier alpha value is -3.92. The summed E-state index contributed by atoms with van der Waals surface area (Å²) in [4.78, 5) is 12.8. The monoisotopic (exact) mass is 500 g/mol. The molecule has 0 saturated heterocycles. The molecule has 1 amide bonds. The number of methoxy groups -OCH3 is 3. The average Bonchev–Trinajstić information content (AvgIpc) is 2.88. The van der Waals surface area contributed by atoms with Crippen molar-refractivity contribution in [3.8, 4) is 23.0 Å². The van der Waals surface area contributed by atoms with E-state index < -0.39 is 22.5 Å². The van der Waals surface area contributed by atoms with Crippen LogP contribution in [0.25, 0.3) is 0 Å². The summed E-state index contributed by atoms with van der Waals surface area (Å²) in [6, 6.07) is 17.5. The molecule has 3 aromatic rings. The second-order valence-electron chi connectivity index (χ2n) is 7.23. The predicted molar refractivity (Wildman–Crippen MR) is 133 cm³/mol. The maximum atomic E-state index is 13.7. The normalized spacial score (nSPS) is 10.9. The number of carbonyl (C=O) groups is 1. The highest BCUT2D eigenvalue weighted by atomic mass is 32.2. The van der Waals surface area contributed by atoms with E-state index in [9.17, 15) is 13.2 Å². The van der Waals surface area contributed by atoms with E-state index in [1.807, 2.05) is 6.92 Å². The van der Waals surface area contributed by atoms with Gasteiger partial charge in [-0.1, -0.05) is 0 Å². The van der Waals surface area contributed by atoms with Gasteiger partial charge in [-0.2, -0.15) is 0 Å². The molecule has 0 aromatic heterocycles. The smallest absolute Gasteiger partial charge is 0.264 e. The van der Waals surface area contributed by atoms with Crippen LogP contribution in [0.1, 0.15) is 6.92 Å². The topological polar surface area (TPSA) is 103 Å². The molecule has 186 valence electrons. The number of carbonyl (C=O) groups excluding carboxylic acids is 1. The van der Waals surface area contributed by atoms with E-state index in [0.29, 0.717) is 35.2 Å². The fraction of sp³-hybridized carbons (Fsp3) is 0.240. The minimum atomic E-state index is -4.16. The molecule has 0 heterocycles. The predicted octanol–water partition coefficient (Wildman–Crippen LogP) is 3.95. The lowest BCUT2D eigenvalue weighted by molar-refractivity contribution is -0.114. The van der Waals surface area contributed by atoms with E-state index in [-0.39, 0.29) is 10.6 Å². The van der Waals surface area contributed by atoms with Crippen LogP contribution in [-0.2, 0) is 14.8 Å². The zero-order valence-electron chi connectivity index (χ0n) is 20.0. The van der Waals surface area contributed by atoms with Gasteiger partial charge in [0.05, 0.1) is 38.5 Å². The molecule has 0 fully saturated rings. The molecule has 1 N–H and O–H groups in total. The molecule has 3 aromatic carbocycles. The highest BCUT2D eigenvalue weighted by molar-refractivity contribution is 7.92. The van der Waals surface area contributed by atoms with Gasteiger partial charge >= 0.3 is 0 Å². The Labute approximate surface area is 205 Å². The number of ether oxygens (including phenoxy) is 4. The maximum absolute atomic E-state index is 13.7. The largest absolute Gasteiger partial charge is 0.497 e. The molecule has 9 nitrogen and oxygen atoms in total. The number of nitrogens with one attached hydrogen (secondary N) is 1. The van der Waals surface area contributed by atoms with Gasteiger partial charge in [0.25, 0.3) is 10.0 Å². The SMILES string of the molecule is CCOc1ccc(N(CC(=O)Nc2ccc(OC)cc2)S(=O)(=O)c2ccc(OC)c(OC)c2)cc1. The molecule has 0 atom stereocenters. The highest BCUT2D eigenvalue weighted by Crippen LogP contribution is 2.32. The van der Waals surface area contributed by atoms with E-state index >= 15 is 0 Å². The Balaban J connectivity index is 1.96. The molecule has 10 heteroatoms. The fourth-order valence-electron chi connectivity index (χ4n) is 3.30. The molecule has 0 aliphatic rings. The number of benzene rings is 3. The average molecular weight is 501 g/mol. The Morgan fingerprint density at radius 2 is 1.46 bits per heavy atom. The third kappa shape index (κ3) is 6.15. The first-order valence-electron chi connectivity index (χ1n) is 10.7. The van der Waals surface area contributed by atoms with Gasteiger partial charge in [0.15, 0.2) is 11.5 Å². The molecular weight excluding hydrogens is 472 g/mol. The summed E-state index contributed by atoms with van der Waals surface area (Å²) in [5.41, 5.74) is 0.805. The summed E-state index contributed by atoms with van der Waals surface area (Å²) in [5, 5.41) is 2.72. The van der Waals surface area contributed by atoms with Crippen molar-refractivity contribution in [1.82, 2.24) is 0 Å². The number of anilines is 2. The van der Waals surface area contributed by atoms with Crippen LogP contribution in [0.2, 0.25) is 0 Å². The number of rotatable bonds is 11. The summed E-state index contributed by atoms with van der Waals surface area (Å²) in [7, 11) is 0.262. The summed E-state index contributed by atoms with van der Waals surface area (Å²) < 4.78 is 49.5. The summed E-state index contributed by atoms with van der Waals surface area (Å²) in [6.45, 7) is 1.86. The first kappa shape index (κ1) is 25.7. The standard InChI is InChI=1S/C25H28N2O7S/c1-5-34-21-12-8-19(9-13-21)27(17-25(28)26-18-6-10-20(31-2)11-7-18)35(29,30)22-14-15-23(32-3)24(16-22)33-4/h6-16H,5,17H2,1-4H3,(H,26,28). The second kappa shape index (κ2) is 11.5. The van der Waals surface area contributed by atoms with Crippen LogP contribution < -0.4 is 28.6 Å². The molecule has 0 radical (unpaired) electrons. The van der Waals surface area contributed by atoms with Crippen molar-refractivity contribution < 1.29 is 32.2 Å². The quantitative estimate of drug-likeness (QED) is 0.425. The second-order valence-corrected chi connectivity index (χ2v) is 9.09.